The number of nitrogens with zero attached hydrogens (tertiary/aromatic N) is 1. The van der Waals surface area contributed by atoms with Crippen LogP contribution in [0.15, 0.2) is 36.4 Å². The maximum Gasteiger partial charge on any atom is 0.226 e. The van der Waals surface area contributed by atoms with Gasteiger partial charge < -0.3 is 10.2 Å². The molecular formula is C18H17ClF2N2O2. The zero-order valence-electron chi connectivity index (χ0n) is 13.8. The number of carbonyl (C=O) groups excluding carboxylic acids is 2. The average Bonchev–Trinajstić information content (AvgIpc) is 2.52. The minimum Gasteiger partial charge on any atom is -0.321 e. The summed E-state index contributed by atoms with van der Waals surface area (Å²) < 4.78 is 27.1. The van der Waals surface area contributed by atoms with E-state index in [2.05, 4.69) is 5.32 Å². The van der Waals surface area contributed by atoms with E-state index in [4.69, 9.17) is 11.6 Å². The maximum absolute atomic E-state index is 13.6. The minimum atomic E-state index is -0.856. The Morgan fingerprint density at radius 1 is 1.16 bits per heavy atom. The fourth-order valence-electron chi connectivity index (χ4n) is 2.40. The summed E-state index contributed by atoms with van der Waals surface area (Å²) in [7, 11) is 0. The highest BCUT2D eigenvalue weighted by atomic mass is 35.5. The Labute approximate surface area is 149 Å². The van der Waals surface area contributed by atoms with Gasteiger partial charge in [-0.25, -0.2) is 8.78 Å². The number of amides is 2. The highest BCUT2D eigenvalue weighted by molar-refractivity contribution is 6.30. The van der Waals surface area contributed by atoms with Gasteiger partial charge in [-0.3, -0.25) is 9.59 Å². The van der Waals surface area contributed by atoms with Crippen LogP contribution < -0.4 is 10.2 Å². The van der Waals surface area contributed by atoms with E-state index in [-0.39, 0.29) is 18.9 Å². The van der Waals surface area contributed by atoms with Gasteiger partial charge in [0.25, 0.3) is 0 Å². The lowest BCUT2D eigenvalue weighted by Gasteiger charge is -2.23. The summed E-state index contributed by atoms with van der Waals surface area (Å²) in [6.07, 6.45) is -0.116. The standard InChI is InChI=1S/C18H17ClF2N2O2/c1-11-10-13(19)6-7-16(11)23(12(2)24)9-8-17(25)22-18-14(20)4-3-5-15(18)21/h3-7,10H,8-9H2,1-2H3,(H,22,25). The molecule has 0 saturated carbocycles. The summed E-state index contributed by atoms with van der Waals surface area (Å²) in [5.41, 5.74) is 0.912. The van der Waals surface area contributed by atoms with Crippen molar-refractivity contribution in [3.05, 3.63) is 58.6 Å². The minimum absolute atomic E-state index is 0.0692. The Kier molecular flexibility index (Phi) is 6.09. The Morgan fingerprint density at radius 3 is 2.36 bits per heavy atom. The van der Waals surface area contributed by atoms with Gasteiger partial charge in [0.05, 0.1) is 0 Å². The molecule has 0 radical (unpaired) electrons. The SMILES string of the molecule is CC(=O)N(CCC(=O)Nc1c(F)cccc1F)c1ccc(Cl)cc1C. The van der Waals surface area contributed by atoms with Gasteiger partial charge in [-0.1, -0.05) is 17.7 Å². The van der Waals surface area contributed by atoms with E-state index >= 15 is 0 Å². The normalized spacial score (nSPS) is 10.4. The molecule has 0 atom stereocenters. The first-order chi connectivity index (χ1) is 11.8. The van der Waals surface area contributed by atoms with E-state index in [1.165, 1.54) is 17.9 Å². The lowest BCUT2D eigenvalue weighted by molar-refractivity contribution is -0.117. The van der Waals surface area contributed by atoms with Gasteiger partial charge in [0.1, 0.15) is 17.3 Å². The third-order valence-electron chi connectivity index (χ3n) is 3.62. The number of aryl methyl sites for hydroxylation is 1. The molecule has 0 aliphatic heterocycles. The molecule has 2 amide bonds. The van der Waals surface area contributed by atoms with Crippen molar-refractivity contribution in [1.29, 1.82) is 0 Å². The Bertz CT molecular complexity index is 791. The second-order valence-corrected chi connectivity index (χ2v) is 5.93. The summed E-state index contributed by atoms with van der Waals surface area (Å²) in [5, 5.41) is 2.74. The molecule has 0 fully saturated rings. The van der Waals surface area contributed by atoms with Gasteiger partial charge in [0.2, 0.25) is 11.8 Å². The van der Waals surface area contributed by atoms with Crippen LogP contribution in [-0.2, 0) is 9.59 Å². The second kappa shape index (κ2) is 8.07. The third-order valence-corrected chi connectivity index (χ3v) is 3.85. The summed E-state index contributed by atoms with van der Waals surface area (Å²) in [6, 6.07) is 8.36. The van der Waals surface area contributed by atoms with Crippen molar-refractivity contribution in [2.45, 2.75) is 20.3 Å². The number of nitrogens with one attached hydrogen (secondary N) is 1. The van der Waals surface area contributed by atoms with Crippen molar-refractivity contribution < 1.29 is 18.4 Å². The van der Waals surface area contributed by atoms with E-state index in [1.54, 1.807) is 25.1 Å². The number of carbonyl (C=O) groups is 2. The first kappa shape index (κ1) is 18.9. The molecule has 0 bridgehead atoms. The number of halogens is 3. The van der Waals surface area contributed by atoms with Gasteiger partial charge in [-0.05, 0) is 42.8 Å². The van der Waals surface area contributed by atoms with Crippen LogP contribution in [0, 0.1) is 18.6 Å². The van der Waals surface area contributed by atoms with Gasteiger partial charge in [-0.2, -0.15) is 0 Å². The molecule has 2 rings (SSSR count). The van der Waals surface area contributed by atoms with Crippen molar-refractivity contribution in [3.8, 4) is 0 Å². The Balaban J connectivity index is 2.08. The van der Waals surface area contributed by atoms with Gasteiger partial charge in [-0.15, -0.1) is 0 Å². The van der Waals surface area contributed by atoms with E-state index < -0.39 is 23.2 Å². The van der Waals surface area contributed by atoms with Crippen molar-refractivity contribution in [2.24, 2.45) is 0 Å². The summed E-state index contributed by atoms with van der Waals surface area (Å²) in [5.74, 6) is -2.56. The number of hydrogen-bond donors (Lipinski definition) is 1. The lowest BCUT2D eigenvalue weighted by atomic mass is 10.1. The molecule has 2 aromatic carbocycles. The number of para-hydroxylation sites is 1. The summed E-state index contributed by atoms with van der Waals surface area (Å²) >= 11 is 5.91. The number of benzene rings is 2. The Morgan fingerprint density at radius 2 is 1.80 bits per heavy atom. The van der Waals surface area contributed by atoms with Crippen molar-refractivity contribution in [1.82, 2.24) is 0 Å². The van der Waals surface area contributed by atoms with Crippen LogP contribution in [-0.4, -0.2) is 18.4 Å². The molecular weight excluding hydrogens is 350 g/mol. The molecule has 0 unspecified atom stereocenters. The fourth-order valence-corrected chi connectivity index (χ4v) is 2.63. The lowest BCUT2D eigenvalue weighted by Crippen LogP contribution is -2.32. The van der Waals surface area contributed by atoms with Crippen LogP contribution in [0.4, 0.5) is 20.2 Å². The van der Waals surface area contributed by atoms with E-state index in [9.17, 15) is 18.4 Å². The molecule has 0 spiro atoms. The third kappa shape index (κ3) is 4.76. The van der Waals surface area contributed by atoms with Gasteiger partial charge >= 0.3 is 0 Å². The van der Waals surface area contributed by atoms with Crippen LogP contribution >= 0.6 is 11.6 Å². The molecule has 132 valence electrons. The van der Waals surface area contributed by atoms with E-state index in [0.717, 1.165) is 17.7 Å². The largest absolute Gasteiger partial charge is 0.321 e. The average molecular weight is 367 g/mol. The van der Waals surface area contributed by atoms with Gasteiger partial charge in [0, 0.05) is 30.6 Å². The first-order valence-electron chi connectivity index (χ1n) is 7.57. The molecule has 0 aliphatic rings. The zero-order valence-corrected chi connectivity index (χ0v) is 14.5. The number of rotatable bonds is 5. The first-order valence-corrected chi connectivity index (χ1v) is 7.95. The molecule has 0 aromatic heterocycles. The molecule has 2 aromatic rings. The van der Waals surface area contributed by atoms with Crippen molar-refractivity contribution >= 4 is 34.8 Å². The van der Waals surface area contributed by atoms with E-state index in [1.807, 2.05) is 0 Å². The molecule has 0 heterocycles. The fraction of sp³-hybridized carbons (Fsp3) is 0.222. The van der Waals surface area contributed by atoms with Crippen LogP contribution in [0.25, 0.3) is 0 Å². The smallest absolute Gasteiger partial charge is 0.226 e. The summed E-state index contributed by atoms with van der Waals surface area (Å²) in [4.78, 5) is 25.3. The Hall–Kier alpha value is -2.47. The van der Waals surface area contributed by atoms with E-state index in [0.29, 0.717) is 10.7 Å². The molecule has 4 nitrogen and oxygen atoms in total. The van der Waals surface area contributed by atoms with Crippen LogP contribution in [0.2, 0.25) is 5.02 Å². The molecule has 0 saturated heterocycles. The molecule has 0 aliphatic carbocycles. The zero-order chi connectivity index (χ0) is 18.6. The van der Waals surface area contributed by atoms with Crippen LogP contribution in [0.5, 0.6) is 0 Å². The molecule has 25 heavy (non-hydrogen) atoms. The predicted molar refractivity (Wildman–Crippen MR) is 93.8 cm³/mol. The molecule has 1 N–H and O–H groups in total. The monoisotopic (exact) mass is 366 g/mol. The highest BCUT2D eigenvalue weighted by Gasteiger charge is 2.17. The number of hydrogen-bond acceptors (Lipinski definition) is 2. The van der Waals surface area contributed by atoms with Gasteiger partial charge in [0.15, 0.2) is 0 Å². The van der Waals surface area contributed by atoms with Crippen LogP contribution in [0.1, 0.15) is 18.9 Å². The number of anilines is 2. The highest BCUT2D eigenvalue weighted by Crippen LogP contribution is 2.24. The predicted octanol–water partition coefficient (Wildman–Crippen LogP) is 4.31. The molecule has 7 heteroatoms. The van der Waals surface area contributed by atoms with Crippen molar-refractivity contribution in [2.75, 3.05) is 16.8 Å². The quantitative estimate of drug-likeness (QED) is 0.857. The maximum atomic E-state index is 13.6. The van der Waals surface area contributed by atoms with Crippen LogP contribution in [0.3, 0.4) is 0 Å². The summed E-state index contributed by atoms with van der Waals surface area (Å²) in [6.45, 7) is 3.24. The second-order valence-electron chi connectivity index (χ2n) is 5.50. The van der Waals surface area contributed by atoms with Crippen molar-refractivity contribution in [3.63, 3.8) is 0 Å². The topological polar surface area (TPSA) is 49.4 Å².